The van der Waals surface area contributed by atoms with Crippen LogP contribution in [0.2, 0.25) is 0 Å². The molecule has 20 heavy (non-hydrogen) atoms. The molecule has 6 heteroatoms. The fraction of sp³-hybridized carbons (Fsp3) is 0.357. The van der Waals surface area contributed by atoms with Crippen molar-refractivity contribution in [2.75, 3.05) is 6.54 Å². The van der Waals surface area contributed by atoms with Crippen LogP contribution < -0.4 is 5.73 Å². The third-order valence-corrected chi connectivity index (χ3v) is 3.81. The lowest BCUT2D eigenvalue weighted by molar-refractivity contribution is -0.137. The molecule has 0 aliphatic heterocycles. The van der Waals surface area contributed by atoms with Gasteiger partial charge in [-0.2, -0.15) is 13.2 Å². The topological polar surface area (TPSA) is 38.9 Å². The predicted octanol–water partition coefficient (Wildman–Crippen LogP) is 4.11. The van der Waals surface area contributed by atoms with Gasteiger partial charge >= 0.3 is 6.18 Å². The molecular weight excluding hydrogens is 285 g/mol. The van der Waals surface area contributed by atoms with Crippen molar-refractivity contribution in [3.8, 4) is 11.3 Å². The zero-order chi connectivity index (χ0) is 14.6. The molecule has 0 unspecified atom stereocenters. The van der Waals surface area contributed by atoms with E-state index in [9.17, 15) is 13.2 Å². The third kappa shape index (κ3) is 3.58. The van der Waals surface area contributed by atoms with E-state index >= 15 is 0 Å². The monoisotopic (exact) mass is 300 g/mol. The van der Waals surface area contributed by atoms with E-state index in [2.05, 4.69) is 4.98 Å². The van der Waals surface area contributed by atoms with Gasteiger partial charge in [-0.15, -0.1) is 11.3 Å². The molecular formula is C14H15F3N2S. The number of aromatic nitrogens is 1. The molecule has 0 aliphatic rings. The van der Waals surface area contributed by atoms with Crippen LogP contribution in [0, 0.1) is 0 Å². The van der Waals surface area contributed by atoms with Crippen molar-refractivity contribution in [2.45, 2.75) is 25.4 Å². The van der Waals surface area contributed by atoms with Crippen LogP contribution in [0.15, 0.2) is 29.6 Å². The summed E-state index contributed by atoms with van der Waals surface area (Å²) in [5.41, 5.74) is 5.31. The molecule has 2 N–H and O–H groups in total. The van der Waals surface area contributed by atoms with Gasteiger partial charge in [-0.1, -0.05) is 18.2 Å². The normalized spacial score (nSPS) is 11.8. The number of rotatable bonds is 5. The Kier molecular flexibility index (Phi) is 4.77. The van der Waals surface area contributed by atoms with E-state index in [1.165, 1.54) is 23.5 Å². The largest absolute Gasteiger partial charge is 0.417 e. The number of nitrogens with two attached hydrogens (primary N) is 1. The zero-order valence-electron chi connectivity index (χ0n) is 10.8. The molecule has 0 amide bonds. The van der Waals surface area contributed by atoms with Gasteiger partial charge < -0.3 is 5.73 Å². The minimum absolute atomic E-state index is 0.140. The fourth-order valence-electron chi connectivity index (χ4n) is 1.92. The van der Waals surface area contributed by atoms with Gasteiger partial charge in [0.1, 0.15) is 0 Å². The quantitative estimate of drug-likeness (QED) is 0.844. The highest BCUT2D eigenvalue weighted by molar-refractivity contribution is 7.09. The van der Waals surface area contributed by atoms with Crippen molar-refractivity contribution in [3.63, 3.8) is 0 Å². The molecule has 0 saturated carbocycles. The Morgan fingerprint density at radius 2 is 1.90 bits per heavy atom. The maximum atomic E-state index is 13.0. The van der Waals surface area contributed by atoms with Crippen molar-refractivity contribution in [1.82, 2.24) is 4.98 Å². The standard InChI is InChI=1S/C14H15F3N2S/c15-14(16,17)11-6-2-1-5-10(11)12-9-20-13(19-12)7-3-4-8-18/h1-2,5-6,9H,3-4,7-8,18H2. The molecule has 0 fully saturated rings. The second-order valence-corrected chi connectivity index (χ2v) is 5.36. The smallest absolute Gasteiger partial charge is 0.330 e. The van der Waals surface area contributed by atoms with Crippen LogP contribution in [0.5, 0.6) is 0 Å². The number of hydrogen-bond donors (Lipinski definition) is 1. The molecule has 0 radical (unpaired) electrons. The molecule has 0 atom stereocenters. The summed E-state index contributed by atoms with van der Waals surface area (Å²) in [7, 11) is 0. The van der Waals surface area contributed by atoms with Gasteiger partial charge in [0.05, 0.1) is 16.3 Å². The van der Waals surface area contributed by atoms with E-state index < -0.39 is 11.7 Å². The summed E-state index contributed by atoms with van der Waals surface area (Å²) in [6.07, 6.45) is -1.80. The molecule has 1 aromatic carbocycles. The molecule has 1 aromatic heterocycles. The summed E-state index contributed by atoms with van der Waals surface area (Å²) in [5.74, 6) is 0. The first kappa shape index (κ1) is 15.0. The van der Waals surface area contributed by atoms with Gasteiger partial charge in [0.25, 0.3) is 0 Å². The highest BCUT2D eigenvalue weighted by Crippen LogP contribution is 2.37. The molecule has 108 valence electrons. The molecule has 0 spiro atoms. The van der Waals surface area contributed by atoms with Crippen LogP contribution in [-0.2, 0) is 12.6 Å². The van der Waals surface area contributed by atoms with Crippen LogP contribution in [0.25, 0.3) is 11.3 Å². The first-order valence-electron chi connectivity index (χ1n) is 6.33. The van der Waals surface area contributed by atoms with E-state index in [1.807, 2.05) is 0 Å². The molecule has 2 aromatic rings. The van der Waals surface area contributed by atoms with Gasteiger partial charge in [0.15, 0.2) is 0 Å². The minimum Gasteiger partial charge on any atom is -0.330 e. The van der Waals surface area contributed by atoms with Crippen LogP contribution in [-0.4, -0.2) is 11.5 Å². The third-order valence-electron chi connectivity index (χ3n) is 2.90. The summed E-state index contributed by atoms with van der Waals surface area (Å²) in [4.78, 5) is 4.30. The SMILES string of the molecule is NCCCCc1nc(-c2ccccc2C(F)(F)F)cs1. The number of alkyl halides is 3. The average Bonchev–Trinajstić information content (AvgIpc) is 2.87. The second-order valence-electron chi connectivity index (χ2n) is 4.42. The number of halogens is 3. The average molecular weight is 300 g/mol. The maximum absolute atomic E-state index is 13.0. The van der Waals surface area contributed by atoms with Gasteiger partial charge in [0.2, 0.25) is 0 Å². The number of hydrogen-bond acceptors (Lipinski definition) is 3. The Bertz CT molecular complexity index is 564. The number of benzene rings is 1. The summed E-state index contributed by atoms with van der Waals surface area (Å²) in [5, 5.41) is 2.54. The van der Waals surface area contributed by atoms with Crippen molar-refractivity contribution in [2.24, 2.45) is 5.73 Å². The van der Waals surface area contributed by atoms with Crippen molar-refractivity contribution >= 4 is 11.3 Å². The van der Waals surface area contributed by atoms with E-state index in [1.54, 1.807) is 11.4 Å². The molecule has 2 rings (SSSR count). The second kappa shape index (κ2) is 6.37. The van der Waals surface area contributed by atoms with E-state index in [4.69, 9.17) is 5.73 Å². The summed E-state index contributed by atoms with van der Waals surface area (Å²) in [6.45, 7) is 0.620. The van der Waals surface area contributed by atoms with Crippen molar-refractivity contribution in [1.29, 1.82) is 0 Å². The van der Waals surface area contributed by atoms with Gasteiger partial charge in [0, 0.05) is 10.9 Å². The molecule has 0 bridgehead atoms. The van der Waals surface area contributed by atoms with Crippen LogP contribution in [0.3, 0.4) is 0 Å². The Labute approximate surface area is 119 Å². The lowest BCUT2D eigenvalue weighted by Gasteiger charge is -2.10. The first-order valence-corrected chi connectivity index (χ1v) is 7.21. The number of unbranched alkanes of at least 4 members (excludes halogenated alkanes) is 1. The highest BCUT2D eigenvalue weighted by Gasteiger charge is 2.33. The number of nitrogens with zero attached hydrogens (tertiary/aromatic N) is 1. The molecule has 0 aliphatic carbocycles. The lowest BCUT2D eigenvalue weighted by Crippen LogP contribution is -2.06. The van der Waals surface area contributed by atoms with E-state index in [0.717, 1.165) is 30.3 Å². The van der Waals surface area contributed by atoms with Crippen LogP contribution in [0.4, 0.5) is 13.2 Å². The summed E-state index contributed by atoms with van der Waals surface area (Å²) in [6, 6.07) is 5.53. The highest BCUT2D eigenvalue weighted by atomic mass is 32.1. The predicted molar refractivity (Wildman–Crippen MR) is 74.5 cm³/mol. The summed E-state index contributed by atoms with van der Waals surface area (Å²) >= 11 is 1.39. The van der Waals surface area contributed by atoms with Gasteiger partial charge in [-0.05, 0) is 31.9 Å². The minimum atomic E-state index is -4.36. The van der Waals surface area contributed by atoms with Crippen molar-refractivity contribution < 1.29 is 13.2 Å². The Balaban J connectivity index is 2.24. The Morgan fingerprint density at radius 3 is 2.60 bits per heavy atom. The van der Waals surface area contributed by atoms with Crippen molar-refractivity contribution in [3.05, 3.63) is 40.2 Å². The van der Waals surface area contributed by atoms with Gasteiger partial charge in [-0.25, -0.2) is 4.98 Å². The number of thiazole rings is 1. The molecule has 2 nitrogen and oxygen atoms in total. The zero-order valence-corrected chi connectivity index (χ0v) is 11.6. The number of aryl methyl sites for hydroxylation is 1. The van der Waals surface area contributed by atoms with Gasteiger partial charge in [-0.3, -0.25) is 0 Å². The van der Waals surface area contributed by atoms with E-state index in [0.29, 0.717) is 12.2 Å². The summed E-state index contributed by atoms with van der Waals surface area (Å²) < 4.78 is 38.9. The maximum Gasteiger partial charge on any atom is 0.417 e. The Hall–Kier alpha value is -1.40. The fourth-order valence-corrected chi connectivity index (χ4v) is 2.76. The molecule has 0 saturated heterocycles. The van der Waals surface area contributed by atoms with E-state index in [-0.39, 0.29) is 5.56 Å². The lowest BCUT2D eigenvalue weighted by atomic mass is 10.1. The first-order chi connectivity index (χ1) is 9.52. The molecule has 1 heterocycles. The van der Waals surface area contributed by atoms with Crippen LogP contribution >= 0.6 is 11.3 Å². The Morgan fingerprint density at radius 1 is 1.15 bits per heavy atom. The van der Waals surface area contributed by atoms with Crippen LogP contribution in [0.1, 0.15) is 23.4 Å².